The number of ether oxygens (including phenoxy) is 1. The summed E-state index contributed by atoms with van der Waals surface area (Å²) in [6, 6.07) is 3.73. The Morgan fingerprint density at radius 3 is 2.23 bits per heavy atom. The van der Waals surface area contributed by atoms with Crippen LogP contribution < -0.4 is 10.2 Å². The molecule has 0 aliphatic carbocycles. The molecule has 1 aliphatic rings. The number of anilines is 2. The van der Waals surface area contributed by atoms with E-state index in [2.05, 4.69) is 10.4 Å². The molecule has 1 aromatic heterocycles. The summed E-state index contributed by atoms with van der Waals surface area (Å²) in [4.78, 5) is 26.8. The van der Waals surface area contributed by atoms with Crippen molar-refractivity contribution < 1.29 is 27.5 Å². The number of fused-ring (bicyclic) bond motifs is 1. The quantitative estimate of drug-likeness (QED) is 0.747. The van der Waals surface area contributed by atoms with E-state index in [0.29, 0.717) is 5.69 Å². The van der Waals surface area contributed by atoms with Gasteiger partial charge in [-0.2, -0.15) is 18.3 Å². The van der Waals surface area contributed by atoms with Crippen molar-refractivity contribution in [3.05, 3.63) is 41.7 Å². The summed E-state index contributed by atoms with van der Waals surface area (Å²) in [6.45, 7) is 8.75. The van der Waals surface area contributed by atoms with Crippen LogP contribution in [0.5, 0.6) is 0 Å². The largest absolute Gasteiger partial charge is 0.444 e. The predicted molar refractivity (Wildman–Crippen MR) is 105 cm³/mol. The number of hydrogen-bond donors (Lipinski definition) is 1. The third kappa shape index (κ3) is 4.12. The van der Waals surface area contributed by atoms with Gasteiger partial charge in [-0.05, 0) is 58.9 Å². The molecule has 1 N–H and O–H groups in total. The minimum absolute atomic E-state index is 0.131. The lowest BCUT2D eigenvalue weighted by molar-refractivity contribution is -0.137. The van der Waals surface area contributed by atoms with Crippen LogP contribution in [0.15, 0.2) is 30.5 Å². The molecular weight excluding hydrogens is 401 g/mol. The van der Waals surface area contributed by atoms with Gasteiger partial charge in [-0.25, -0.2) is 4.79 Å². The maximum Gasteiger partial charge on any atom is 0.416 e. The summed E-state index contributed by atoms with van der Waals surface area (Å²) in [5.41, 5.74) is -0.900. The van der Waals surface area contributed by atoms with Crippen molar-refractivity contribution in [2.75, 3.05) is 10.2 Å². The van der Waals surface area contributed by atoms with Crippen molar-refractivity contribution in [3.8, 4) is 0 Å². The number of halogens is 3. The molecule has 0 radical (unpaired) electrons. The maximum atomic E-state index is 13.3. The monoisotopic (exact) mass is 424 g/mol. The number of aromatic nitrogens is 2. The number of nitrogens with one attached hydrogen (secondary N) is 1. The first kappa shape index (κ1) is 21.7. The first-order chi connectivity index (χ1) is 13.8. The van der Waals surface area contributed by atoms with Crippen LogP contribution in [0.3, 0.4) is 0 Å². The number of benzene rings is 1. The highest BCUT2D eigenvalue weighted by molar-refractivity contribution is 6.11. The van der Waals surface area contributed by atoms with Gasteiger partial charge in [0.15, 0.2) is 5.69 Å². The van der Waals surface area contributed by atoms with Crippen LogP contribution in [-0.2, 0) is 10.9 Å². The molecule has 3 rings (SSSR count). The van der Waals surface area contributed by atoms with Gasteiger partial charge in [0.25, 0.3) is 5.91 Å². The molecule has 0 bridgehead atoms. The SMILES string of the molecule is C[C@@H]1[C@@H](C)n2ncc(NC(=O)OC(C)(C)C)c2C(=O)N1c1ccc(C(F)(F)F)cc1. The van der Waals surface area contributed by atoms with Crippen molar-refractivity contribution in [2.45, 2.75) is 58.5 Å². The van der Waals surface area contributed by atoms with Crippen molar-refractivity contribution >= 4 is 23.4 Å². The number of carbonyl (C=O) groups is 2. The van der Waals surface area contributed by atoms with E-state index in [1.165, 1.54) is 27.9 Å². The van der Waals surface area contributed by atoms with Crippen LogP contribution in [-0.4, -0.2) is 33.4 Å². The predicted octanol–water partition coefficient (Wildman–Crippen LogP) is 4.86. The molecule has 0 saturated carbocycles. The Labute approximate surface area is 171 Å². The number of amides is 2. The minimum Gasteiger partial charge on any atom is -0.444 e. The zero-order chi connectivity index (χ0) is 22.4. The lowest BCUT2D eigenvalue weighted by atomic mass is 10.0. The van der Waals surface area contributed by atoms with Gasteiger partial charge in [0.2, 0.25) is 0 Å². The Morgan fingerprint density at radius 1 is 1.10 bits per heavy atom. The molecule has 0 fully saturated rings. The van der Waals surface area contributed by atoms with E-state index in [1.807, 2.05) is 6.92 Å². The Balaban J connectivity index is 1.94. The van der Waals surface area contributed by atoms with Crippen molar-refractivity contribution in [2.24, 2.45) is 0 Å². The molecular formula is C20H23F3N4O3. The van der Waals surface area contributed by atoms with Crippen LogP contribution in [0, 0.1) is 0 Å². The minimum atomic E-state index is -4.47. The smallest absolute Gasteiger partial charge is 0.416 e. The van der Waals surface area contributed by atoms with Gasteiger partial charge in [0, 0.05) is 5.69 Å². The number of hydrogen-bond acceptors (Lipinski definition) is 4. The van der Waals surface area contributed by atoms with Gasteiger partial charge in [0.1, 0.15) is 5.60 Å². The highest BCUT2D eigenvalue weighted by Gasteiger charge is 2.39. The second kappa shape index (κ2) is 7.33. The fraction of sp³-hybridized carbons (Fsp3) is 0.450. The average Bonchev–Trinajstić information content (AvgIpc) is 3.02. The van der Waals surface area contributed by atoms with Gasteiger partial charge in [-0.3, -0.25) is 14.8 Å². The molecule has 2 amide bonds. The number of rotatable bonds is 2. The second-order valence-electron chi connectivity index (χ2n) is 8.18. The van der Waals surface area contributed by atoms with E-state index in [0.717, 1.165) is 12.1 Å². The van der Waals surface area contributed by atoms with Crippen LogP contribution in [0.25, 0.3) is 0 Å². The highest BCUT2D eigenvalue weighted by Crippen LogP contribution is 2.36. The topological polar surface area (TPSA) is 76.5 Å². The lowest BCUT2D eigenvalue weighted by Crippen LogP contribution is -2.49. The second-order valence-corrected chi connectivity index (χ2v) is 8.18. The van der Waals surface area contributed by atoms with Crippen LogP contribution in [0.4, 0.5) is 29.3 Å². The maximum absolute atomic E-state index is 13.3. The summed E-state index contributed by atoms with van der Waals surface area (Å²) < 4.78 is 45.4. The fourth-order valence-corrected chi connectivity index (χ4v) is 3.27. The summed E-state index contributed by atoms with van der Waals surface area (Å²) in [6.07, 6.45) is -3.85. The zero-order valence-corrected chi connectivity index (χ0v) is 17.2. The van der Waals surface area contributed by atoms with Gasteiger partial charge in [-0.1, -0.05) is 0 Å². The standard InChI is InChI=1S/C20H23F3N4O3/c1-11-12(2)27-16(15(10-24-27)25-18(29)30-19(3,4)5)17(28)26(11)14-8-6-13(7-9-14)20(21,22)23/h6-12H,1-5H3,(H,25,29)/t11-,12-/m1/s1. The van der Waals surface area contributed by atoms with Gasteiger partial charge in [0.05, 0.1) is 29.5 Å². The van der Waals surface area contributed by atoms with Gasteiger partial charge < -0.3 is 9.64 Å². The molecule has 1 aliphatic heterocycles. The molecule has 10 heteroatoms. The van der Waals surface area contributed by atoms with E-state index in [4.69, 9.17) is 4.74 Å². The molecule has 2 atom stereocenters. The number of nitrogens with zero attached hydrogens (tertiary/aromatic N) is 3. The Bertz CT molecular complexity index is 961. The van der Waals surface area contributed by atoms with E-state index >= 15 is 0 Å². The first-order valence-electron chi connectivity index (χ1n) is 9.38. The first-order valence-corrected chi connectivity index (χ1v) is 9.38. The Hall–Kier alpha value is -3.04. The van der Waals surface area contributed by atoms with Gasteiger partial charge >= 0.3 is 12.3 Å². The summed E-state index contributed by atoms with van der Waals surface area (Å²) >= 11 is 0. The normalized spacial score (nSPS) is 19.5. The average molecular weight is 424 g/mol. The summed E-state index contributed by atoms with van der Waals surface area (Å²) in [5, 5.41) is 6.75. The van der Waals surface area contributed by atoms with Crippen molar-refractivity contribution in [1.82, 2.24) is 9.78 Å². The van der Waals surface area contributed by atoms with E-state index in [-0.39, 0.29) is 23.5 Å². The molecule has 30 heavy (non-hydrogen) atoms. The summed E-state index contributed by atoms with van der Waals surface area (Å²) in [7, 11) is 0. The number of alkyl halides is 3. The summed E-state index contributed by atoms with van der Waals surface area (Å²) in [5.74, 6) is -0.482. The van der Waals surface area contributed by atoms with Gasteiger partial charge in [-0.15, -0.1) is 0 Å². The molecule has 2 aromatic rings. The van der Waals surface area contributed by atoms with Crippen molar-refractivity contribution in [3.63, 3.8) is 0 Å². The third-order valence-corrected chi connectivity index (χ3v) is 4.82. The fourth-order valence-electron chi connectivity index (χ4n) is 3.27. The molecule has 2 heterocycles. The van der Waals surface area contributed by atoms with E-state index in [1.54, 1.807) is 27.7 Å². The molecule has 162 valence electrons. The van der Waals surface area contributed by atoms with E-state index < -0.39 is 29.3 Å². The van der Waals surface area contributed by atoms with Crippen molar-refractivity contribution in [1.29, 1.82) is 0 Å². The highest BCUT2D eigenvalue weighted by atomic mass is 19.4. The Kier molecular flexibility index (Phi) is 5.30. The molecule has 1 aromatic carbocycles. The molecule has 0 unspecified atom stereocenters. The zero-order valence-electron chi connectivity index (χ0n) is 17.2. The van der Waals surface area contributed by atoms with Crippen LogP contribution in [0.2, 0.25) is 0 Å². The van der Waals surface area contributed by atoms with E-state index in [9.17, 15) is 22.8 Å². The Morgan fingerprint density at radius 2 is 1.70 bits per heavy atom. The molecule has 7 nitrogen and oxygen atoms in total. The molecule has 0 spiro atoms. The molecule has 0 saturated heterocycles. The van der Waals surface area contributed by atoms with Crippen LogP contribution in [0.1, 0.15) is 56.7 Å². The van der Waals surface area contributed by atoms with Crippen LogP contribution >= 0.6 is 0 Å². The number of carbonyl (C=O) groups excluding carboxylic acids is 2. The third-order valence-electron chi connectivity index (χ3n) is 4.82. The lowest BCUT2D eigenvalue weighted by Gasteiger charge is -2.38.